The van der Waals surface area contributed by atoms with Gasteiger partial charge in [-0.3, -0.25) is 0 Å². The molecule has 3 heteroatoms. The highest BCUT2D eigenvalue weighted by molar-refractivity contribution is 5.48. The number of phenolic OH excluding ortho intramolecular Hbond substituents is 1. The molecule has 0 spiro atoms. The first kappa shape index (κ1) is 12.9. The Kier molecular flexibility index (Phi) is 3.50. The Morgan fingerprint density at radius 3 is 2.45 bits per heavy atom. The van der Waals surface area contributed by atoms with Crippen LogP contribution in [0.1, 0.15) is 24.3 Å². The Morgan fingerprint density at radius 1 is 1.05 bits per heavy atom. The zero-order valence-electron chi connectivity index (χ0n) is 11.5. The normalized spacial score (nSPS) is 21.1. The van der Waals surface area contributed by atoms with Crippen molar-refractivity contribution in [3.63, 3.8) is 0 Å². The van der Waals surface area contributed by atoms with Crippen LogP contribution in [0.15, 0.2) is 48.5 Å². The smallest absolute Gasteiger partial charge is 0.122 e. The lowest BCUT2D eigenvalue weighted by molar-refractivity contribution is 0.350. The molecule has 2 aromatic carbocycles. The van der Waals surface area contributed by atoms with Gasteiger partial charge in [0, 0.05) is 11.7 Å². The maximum atomic E-state index is 9.27. The number of benzene rings is 2. The zero-order chi connectivity index (χ0) is 13.9. The molecule has 2 N–H and O–H groups in total. The van der Waals surface area contributed by atoms with E-state index in [-0.39, 0.29) is 0 Å². The number of phenols is 1. The van der Waals surface area contributed by atoms with Crippen molar-refractivity contribution in [2.24, 2.45) is 0 Å². The number of anilines is 1. The number of rotatable bonds is 4. The van der Waals surface area contributed by atoms with Gasteiger partial charge < -0.3 is 15.2 Å². The lowest BCUT2D eigenvalue weighted by Gasteiger charge is -2.37. The third-order valence-corrected chi connectivity index (χ3v) is 3.95. The second kappa shape index (κ2) is 5.45. The van der Waals surface area contributed by atoms with Crippen molar-refractivity contribution in [1.82, 2.24) is 0 Å². The molecule has 20 heavy (non-hydrogen) atoms. The summed E-state index contributed by atoms with van der Waals surface area (Å²) in [5, 5.41) is 12.8. The average Bonchev–Trinajstić information content (AvgIpc) is 2.44. The highest BCUT2D eigenvalue weighted by Gasteiger charge is 2.31. The number of hydrogen-bond donors (Lipinski definition) is 2. The fourth-order valence-electron chi connectivity index (χ4n) is 2.79. The summed E-state index contributed by atoms with van der Waals surface area (Å²) in [6.07, 6.45) is 2.22. The van der Waals surface area contributed by atoms with E-state index in [2.05, 4.69) is 17.4 Å². The molecule has 0 aromatic heterocycles. The molecule has 3 rings (SSSR count). The highest BCUT2D eigenvalue weighted by atomic mass is 16.5. The van der Waals surface area contributed by atoms with Crippen molar-refractivity contribution >= 4 is 5.69 Å². The molecule has 0 atom stereocenters. The lowest BCUT2D eigenvalue weighted by atomic mass is 9.75. The minimum atomic E-state index is 0.302. The molecule has 0 heterocycles. The third-order valence-electron chi connectivity index (χ3n) is 3.95. The van der Waals surface area contributed by atoms with Crippen LogP contribution in [0.5, 0.6) is 11.5 Å². The van der Waals surface area contributed by atoms with Crippen LogP contribution in [-0.2, 0) is 0 Å². The third kappa shape index (κ3) is 2.57. The highest BCUT2D eigenvalue weighted by Crippen LogP contribution is 2.42. The van der Waals surface area contributed by atoms with Gasteiger partial charge in [-0.1, -0.05) is 18.2 Å². The first-order valence-electron chi connectivity index (χ1n) is 6.95. The molecule has 1 aliphatic rings. The van der Waals surface area contributed by atoms with E-state index in [0.29, 0.717) is 17.7 Å². The maximum absolute atomic E-state index is 9.27. The fourth-order valence-corrected chi connectivity index (χ4v) is 2.79. The molecular formula is C17H19NO2. The average molecular weight is 269 g/mol. The second-order valence-corrected chi connectivity index (χ2v) is 5.30. The molecular weight excluding hydrogens is 250 g/mol. The van der Waals surface area contributed by atoms with Crippen molar-refractivity contribution < 1.29 is 9.84 Å². The summed E-state index contributed by atoms with van der Waals surface area (Å²) in [6.45, 7) is 0. The second-order valence-electron chi connectivity index (χ2n) is 5.30. The van der Waals surface area contributed by atoms with E-state index in [0.717, 1.165) is 24.3 Å². The summed E-state index contributed by atoms with van der Waals surface area (Å²) < 4.78 is 5.42. The van der Waals surface area contributed by atoms with Gasteiger partial charge in [0.1, 0.15) is 11.5 Å². The van der Waals surface area contributed by atoms with Crippen molar-refractivity contribution in [1.29, 1.82) is 0 Å². The SMILES string of the molecule is COc1ccccc1C1CC(Nc2ccc(O)cc2)C1. The van der Waals surface area contributed by atoms with Crippen LogP contribution in [0, 0.1) is 0 Å². The Bertz CT molecular complexity index is 574. The number of aromatic hydroxyl groups is 1. The molecule has 0 unspecified atom stereocenters. The van der Waals surface area contributed by atoms with Gasteiger partial charge in [-0.05, 0) is 54.7 Å². The van der Waals surface area contributed by atoms with Gasteiger partial charge in [0.15, 0.2) is 0 Å². The summed E-state index contributed by atoms with van der Waals surface area (Å²) in [7, 11) is 1.73. The molecule has 104 valence electrons. The molecule has 0 aliphatic heterocycles. The number of methoxy groups -OCH3 is 1. The van der Waals surface area contributed by atoms with E-state index < -0.39 is 0 Å². The largest absolute Gasteiger partial charge is 0.508 e. The minimum absolute atomic E-state index is 0.302. The first-order valence-corrected chi connectivity index (χ1v) is 6.95. The van der Waals surface area contributed by atoms with E-state index in [1.54, 1.807) is 19.2 Å². The minimum Gasteiger partial charge on any atom is -0.508 e. The molecule has 0 bridgehead atoms. The van der Waals surface area contributed by atoms with Crippen LogP contribution < -0.4 is 10.1 Å². The van der Waals surface area contributed by atoms with Crippen LogP contribution >= 0.6 is 0 Å². The van der Waals surface area contributed by atoms with Crippen molar-refractivity contribution in [3.8, 4) is 11.5 Å². The molecule has 1 fully saturated rings. The molecule has 0 amide bonds. The molecule has 3 nitrogen and oxygen atoms in total. The summed E-state index contributed by atoms with van der Waals surface area (Å²) in [6, 6.07) is 16.0. The summed E-state index contributed by atoms with van der Waals surface area (Å²) in [4.78, 5) is 0. The van der Waals surface area contributed by atoms with Crippen LogP contribution in [0.4, 0.5) is 5.69 Å². The molecule has 0 saturated heterocycles. The summed E-state index contributed by atoms with van der Waals surface area (Å²) in [5.41, 5.74) is 2.37. The van der Waals surface area contributed by atoms with Crippen LogP contribution in [-0.4, -0.2) is 18.3 Å². The first-order chi connectivity index (χ1) is 9.76. The Balaban J connectivity index is 1.60. The van der Waals surface area contributed by atoms with Gasteiger partial charge in [-0.2, -0.15) is 0 Å². The van der Waals surface area contributed by atoms with Gasteiger partial charge >= 0.3 is 0 Å². The molecule has 1 saturated carbocycles. The van der Waals surface area contributed by atoms with E-state index in [1.807, 2.05) is 24.3 Å². The Morgan fingerprint density at radius 2 is 1.75 bits per heavy atom. The van der Waals surface area contributed by atoms with Gasteiger partial charge in [-0.15, -0.1) is 0 Å². The standard InChI is InChI=1S/C17H19NO2/c1-20-17-5-3-2-4-16(17)12-10-14(11-12)18-13-6-8-15(19)9-7-13/h2-9,12,14,18-19H,10-11H2,1H3. The zero-order valence-corrected chi connectivity index (χ0v) is 11.5. The van der Waals surface area contributed by atoms with Gasteiger partial charge in [0.05, 0.1) is 7.11 Å². The number of hydrogen-bond acceptors (Lipinski definition) is 3. The molecule has 2 aromatic rings. The number of nitrogens with one attached hydrogen (secondary N) is 1. The van der Waals surface area contributed by atoms with Crippen molar-refractivity contribution in [3.05, 3.63) is 54.1 Å². The van der Waals surface area contributed by atoms with Crippen molar-refractivity contribution in [2.75, 3.05) is 12.4 Å². The molecule has 1 aliphatic carbocycles. The van der Waals surface area contributed by atoms with E-state index in [4.69, 9.17) is 4.74 Å². The lowest BCUT2D eigenvalue weighted by Crippen LogP contribution is -2.34. The molecule has 0 radical (unpaired) electrons. The van der Waals surface area contributed by atoms with E-state index in [1.165, 1.54) is 5.56 Å². The predicted molar refractivity (Wildman–Crippen MR) is 80.5 cm³/mol. The monoisotopic (exact) mass is 269 g/mol. The fraction of sp³-hybridized carbons (Fsp3) is 0.294. The predicted octanol–water partition coefficient (Wildman–Crippen LogP) is 3.76. The number of ether oxygens (including phenoxy) is 1. The number of para-hydroxylation sites is 1. The summed E-state index contributed by atoms with van der Waals surface area (Å²) in [5.74, 6) is 1.86. The Hall–Kier alpha value is -2.16. The van der Waals surface area contributed by atoms with Crippen molar-refractivity contribution in [2.45, 2.75) is 24.8 Å². The Labute approximate surface area is 119 Å². The quantitative estimate of drug-likeness (QED) is 0.830. The van der Waals surface area contributed by atoms with Gasteiger partial charge in [0.2, 0.25) is 0 Å². The maximum Gasteiger partial charge on any atom is 0.122 e. The van der Waals surface area contributed by atoms with Crippen LogP contribution in [0.3, 0.4) is 0 Å². The van der Waals surface area contributed by atoms with Crippen LogP contribution in [0.25, 0.3) is 0 Å². The van der Waals surface area contributed by atoms with E-state index >= 15 is 0 Å². The van der Waals surface area contributed by atoms with Gasteiger partial charge in [0.25, 0.3) is 0 Å². The van der Waals surface area contributed by atoms with E-state index in [9.17, 15) is 5.11 Å². The topological polar surface area (TPSA) is 41.5 Å². The van der Waals surface area contributed by atoms with Gasteiger partial charge in [-0.25, -0.2) is 0 Å². The summed E-state index contributed by atoms with van der Waals surface area (Å²) >= 11 is 0. The van der Waals surface area contributed by atoms with Crippen LogP contribution in [0.2, 0.25) is 0 Å².